The predicted molar refractivity (Wildman–Crippen MR) is 124 cm³/mol. The summed E-state index contributed by atoms with van der Waals surface area (Å²) in [6.45, 7) is 1.00. The average Bonchev–Trinajstić information content (AvgIpc) is 3.48. The second-order valence-electron chi connectivity index (χ2n) is 7.93. The number of ether oxygens (including phenoxy) is 2. The highest BCUT2D eigenvalue weighted by Gasteiger charge is 2.25. The zero-order valence-corrected chi connectivity index (χ0v) is 18.5. The summed E-state index contributed by atoms with van der Waals surface area (Å²) in [5.41, 5.74) is 2.84. The Hall–Kier alpha value is -3.85. The molecule has 4 aromatic rings. The fourth-order valence-corrected chi connectivity index (χ4v) is 4.32. The van der Waals surface area contributed by atoms with Crippen molar-refractivity contribution in [2.24, 2.45) is 0 Å². The highest BCUT2D eigenvalue weighted by atomic mass is 16.5. The van der Waals surface area contributed by atoms with Crippen molar-refractivity contribution in [3.63, 3.8) is 0 Å². The number of hydrogen-bond donors (Lipinski definition) is 2. The maximum atomic E-state index is 10.8. The Balaban J connectivity index is 1.47. The molecule has 1 aliphatic heterocycles. The first-order chi connectivity index (χ1) is 16.1. The fraction of sp³-hybridized carbons (Fsp3) is 0.292. The molecule has 1 aliphatic rings. The molecule has 33 heavy (non-hydrogen) atoms. The lowest BCUT2D eigenvalue weighted by molar-refractivity contribution is 0.266. The largest absolute Gasteiger partial charge is 0.494 e. The number of nitrogens with zero attached hydrogens (tertiary/aromatic N) is 5. The highest BCUT2D eigenvalue weighted by Crippen LogP contribution is 2.34. The Morgan fingerprint density at radius 3 is 2.70 bits per heavy atom. The van der Waals surface area contributed by atoms with Gasteiger partial charge in [-0.1, -0.05) is 0 Å². The molecule has 0 aromatic carbocycles. The molecule has 0 bridgehead atoms. The van der Waals surface area contributed by atoms with E-state index in [0.29, 0.717) is 28.2 Å². The molecule has 5 heterocycles. The zero-order valence-electron chi connectivity index (χ0n) is 18.5. The maximum absolute atomic E-state index is 10.8. The first kappa shape index (κ1) is 21.0. The Morgan fingerprint density at radius 1 is 1.09 bits per heavy atom. The number of aliphatic hydroxyl groups is 1. The summed E-state index contributed by atoms with van der Waals surface area (Å²) in [6.07, 6.45) is 7.19. The van der Waals surface area contributed by atoms with Crippen LogP contribution in [-0.2, 0) is 0 Å². The third-order valence-electron chi connectivity index (χ3n) is 6.07. The molecule has 0 saturated carbocycles. The van der Waals surface area contributed by atoms with Gasteiger partial charge in [0.1, 0.15) is 5.82 Å². The number of pyridine rings is 3. The van der Waals surface area contributed by atoms with Gasteiger partial charge >= 0.3 is 0 Å². The molecule has 1 atom stereocenters. The van der Waals surface area contributed by atoms with Gasteiger partial charge in [0.05, 0.1) is 55.3 Å². The second kappa shape index (κ2) is 8.59. The van der Waals surface area contributed by atoms with E-state index < -0.39 is 0 Å². The van der Waals surface area contributed by atoms with E-state index in [4.69, 9.17) is 14.5 Å². The molecule has 1 unspecified atom stereocenters. The molecular formula is C24H25N5O4. The van der Waals surface area contributed by atoms with Crippen molar-refractivity contribution in [3.05, 3.63) is 48.9 Å². The molecule has 1 fully saturated rings. The fourth-order valence-electron chi connectivity index (χ4n) is 4.32. The number of rotatable bonds is 6. The van der Waals surface area contributed by atoms with Crippen LogP contribution in [0.25, 0.3) is 27.8 Å². The van der Waals surface area contributed by atoms with Crippen molar-refractivity contribution < 1.29 is 19.7 Å². The SMILES string of the molecule is COc1cc(-c2ccc3c(O)n(-c4ccc(N5CCCC5CO)nc4)cc3n2)cnc1OC. The Labute approximate surface area is 190 Å². The summed E-state index contributed by atoms with van der Waals surface area (Å²) < 4.78 is 12.2. The van der Waals surface area contributed by atoms with Crippen molar-refractivity contribution in [1.82, 2.24) is 19.5 Å². The first-order valence-electron chi connectivity index (χ1n) is 10.8. The summed E-state index contributed by atoms with van der Waals surface area (Å²) in [5, 5.41) is 21.0. The Bertz CT molecular complexity index is 1290. The number of anilines is 1. The molecule has 0 spiro atoms. The van der Waals surface area contributed by atoms with Gasteiger partial charge in [0.25, 0.3) is 5.88 Å². The minimum Gasteiger partial charge on any atom is -0.494 e. The first-order valence-corrected chi connectivity index (χ1v) is 10.8. The summed E-state index contributed by atoms with van der Waals surface area (Å²) >= 11 is 0. The topological polar surface area (TPSA) is 106 Å². The van der Waals surface area contributed by atoms with E-state index in [1.165, 1.54) is 7.11 Å². The summed E-state index contributed by atoms with van der Waals surface area (Å²) in [7, 11) is 3.10. The molecule has 170 valence electrons. The Kier molecular flexibility index (Phi) is 5.47. The smallest absolute Gasteiger partial charge is 0.256 e. The predicted octanol–water partition coefficient (Wildman–Crippen LogP) is 3.17. The number of hydrogen-bond acceptors (Lipinski definition) is 8. The molecular weight excluding hydrogens is 422 g/mol. The average molecular weight is 447 g/mol. The van der Waals surface area contributed by atoms with Crippen LogP contribution in [0.15, 0.2) is 48.9 Å². The standard InChI is InChI=1S/C24H25N5O4/c1-32-21-10-15(11-26-23(21)33-2)19-7-6-18-20(27-19)13-29(24(18)31)16-5-8-22(25-12-16)28-9-3-4-17(28)14-30/h5-8,10-13,17,30-31H,3-4,9,14H2,1-2H3. The minimum absolute atomic E-state index is 0.0958. The lowest BCUT2D eigenvalue weighted by atomic mass is 10.1. The molecule has 0 radical (unpaired) electrons. The van der Waals surface area contributed by atoms with Crippen LogP contribution in [0.1, 0.15) is 12.8 Å². The molecule has 2 N–H and O–H groups in total. The van der Waals surface area contributed by atoms with Crippen LogP contribution >= 0.6 is 0 Å². The van der Waals surface area contributed by atoms with Gasteiger partial charge in [-0.3, -0.25) is 4.57 Å². The van der Waals surface area contributed by atoms with Crippen molar-refractivity contribution in [3.8, 4) is 34.5 Å². The van der Waals surface area contributed by atoms with Gasteiger partial charge < -0.3 is 24.6 Å². The zero-order chi connectivity index (χ0) is 22.9. The number of aromatic nitrogens is 4. The van der Waals surface area contributed by atoms with Gasteiger partial charge in [-0.05, 0) is 43.2 Å². The van der Waals surface area contributed by atoms with Crippen LogP contribution in [0.5, 0.6) is 17.5 Å². The number of fused-ring (bicyclic) bond motifs is 1. The molecule has 0 aliphatic carbocycles. The number of methoxy groups -OCH3 is 2. The molecule has 4 aromatic heterocycles. The third kappa shape index (κ3) is 3.70. The molecule has 9 nitrogen and oxygen atoms in total. The third-order valence-corrected chi connectivity index (χ3v) is 6.07. The van der Waals surface area contributed by atoms with Crippen molar-refractivity contribution in [2.75, 3.05) is 32.3 Å². The van der Waals surface area contributed by atoms with Crippen molar-refractivity contribution in [1.29, 1.82) is 0 Å². The maximum Gasteiger partial charge on any atom is 0.256 e. The lowest BCUT2D eigenvalue weighted by Gasteiger charge is -2.24. The quantitative estimate of drug-likeness (QED) is 0.464. The highest BCUT2D eigenvalue weighted by molar-refractivity contribution is 5.87. The van der Waals surface area contributed by atoms with Gasteiger partial charge in [-0.2, -0.15) is 0 Å². The molecule has 0 amide bonds. The summed E-state index contributed by atoms with van der Waals surface area (Å²) in [5.74, 6) is 1.84. The van der Waals surface area contributed by atoms with Crippen LogP contribution in [-0.4, -0.2) is 63.1 Å². The van der Waals surface area contributed by atoms with Crippen molar-refractivity contribution in [2.45, 2.75) is 18.9 Å². The van der Waals surface area contributed by atoms with Gasteiger partial charge in [0.2, 0.25) is 5.88 Å². The normalized spacial score (nSPS) is 15.8. The van der Waals surface area contributed by atoms with E-state index in [-0.39, 0.29) is 18.5 Å². The van der Waals surface area contributed by atoms with E-state index in [0.717, 1.165) is 36.5 Å². The van der Waals surface area contributed by atoms with Gasteiger partial charge in [-0.15, -0.1) is 0 Å². The van der Waals surface area contributed by atoms with Crippen LogP contribution in [0.4, 0.5) is 5.82 Å². The van der Waals surface area contributed by atoms with Crippen LogP contribution < -0.4 is 14.4 Å². The molecule has 1 saturated heterocycles. The molecule has 5 rings (SSSR count). The van der Waals surface area contributed by atoms with Gasteiger partial charge in [0, 0.05) is 24.5 Å². The van der Waals surface area contributed by atoms with Crippen LogP contribution in [0.3, 0.4) is 0 Å². The summed E-state index contributed by atoms with van der Waals surface area (Å²) in [6, 6.07) is 9.42. The van der Waals surface area contributed by atoms with E-state index >= 15 is 0 Å². The van der Waals surface area contributed by atoms with Gasteiger partial charge in [-0.25, -0.2) is 15.0 Å². The van der Waals surface area contributed by atoms with Crippen molar-refractivity contribution >= 4 is 16.7 Å². The minimum atomic E-state index is 0.0958. The van der Waals surface area contributed by atoms with Gasteiger partial charge in [0.15, 0.2) is 5.75 Å². The second-order valence-corrected chi connectivity index (χ2v) is 7.93. The van der Waals surface area contributed by atoms with E-state index in [9.17, 15) is 10.2 Å². The van der Waals surface area contributed by atoms with E-state index in [1.54, 1.807) is 30.3 Å². The Morgan fingerprint density at radius 2 is 1.97 bits per heavy atom. The number of aromatic hydroxyl groups is 1. The van der Waals surface area contributed by atoms with E-state index in [2.05, 4.69) is 14.9 Å². The lowest BCUT2D eigenvalue weighted by Crippen LogP contribution is -2.32. The summed E-state index contributed by atoms with van der Waals surface area (Å²) in [4.78, 5) is 15.7. The molecule has 9 heteroatoms. The van der Waals surface area contributed by atoms with Crippen LogP contribution in [0, 0.1) is 0 Å². The van der Waals surface area contributed by atoms with Crippen LogP contribution in [0.2, 0.25) is 0 Å². The monoisotopic (exact) mass is 447 g/mol. The number of aliphatic hydroxyl groups excluding tert-OH is 1. The van der Waals surface area contributed by atoms with E-state index in [1.807, 2.05) is 30.3 Å².